The fraction of sp³-hybridized carbons (Fsp3) is 0. The third-order valence-electron chi connectivity index (χ3n) is 1.69. The molecule has 0 saturated carbocycles. The number of nitrogens with two attached hydrogens (primary N) is 1. The molecule has 0 unspecified atom stereocenters. The van der Waals surface area contributed by atoms with Crippen LogP contribution >= 0.6 is 0 Å². The highest BCUT2D eigenvalue weighted by Crippen LogP contribution is 2.21. The molecule has 0 atom stereocenters. The molecule has 4 nitrogen and oxygen atoms in total. The van der Waals surface area contributed by atoms with Crippen molar-refractivity contribution in [3.63, 3.8) is 0 Å². The van der Waals surface area contributed by atoms with Gasteiger partial charge in [0.1, 0.15) is 0 Å². The molecule has 4 N–H and O–H groups in total. The second-order valence-corrected chi connectivity index (χ2v) is 2.50. The normalized spacial score (nSPS) is 14.8. The van der Waals surface area contributed by atoms with Gasteiger partial charge in [-0.1, -0.05) is 12.1 Å². The molecule has 0 radical (unpaired) electrons. The summed E-state index contributed by atoms with van der Waals surface area (Å²) >= 11 is 0. The van der Waals surface area contributed by atoms with Crippen molar-refractivity contribution in [1.29, 1.82) is 0 Å². The maximum absolute atomic E-state index is 5.76. The molecule has 1 aromatic carbocycles. The van der Waals surface area contributed by atoms with Crippen LogP contribution in [0.1, 0.15) is 0 Å². The van der Waals surface area contributed by atoms with Gasteiger partial charge in [0.15, 0.2) is 0 Å². The van der Waals surface area contributed by atoms with Crippen molar-refractivity contribution in [2.75, 3.05) is 10.7 Å². The Balaban J connectivity index is 2.33. The lowest BCUT2D eigenvalue weighted by Crippen LogP contribution is -2.35. The van der Waals surface area contributed by atoms with Crippen molar-refractivity contribution >= 4 is 11.4 Å². The summed E-state index contributed by atoms with van der Waals surface area (Å²) in [5.41, 5.74) is 13.2. The van der Waals surface area contributed by atoms with Gasteiger partial charge in [0, 0.05) is 12.4 Å². The molecule has 1 aliphatic heterocycles. The molecule has 0 amide bonds. The topological polar surface area (TPSA) is 53.3 Å². The first-order valence-corrected chi connectivity index (χ1v) is 3.69. The molecule has 62 valence electrons. The van der Waals surface area contributed by atoms with Crippen molar-refractivity contribution in [2.45, 2.75) is 0 Å². The van der Waals surface area contributed by atoms with Crippen LogP contribution in [0.5, 0.6) is 0 Å². The Labute approximate surface area is 70.6 Å². The van der Waals surface area contributed by atoms with E-state index < -0.39 is 0 Å². The van der Waals surface area contributed by atoms with E-state index in [1.165, 1.54) is 0 Å². The molecule has 1 heterocycles. The lowest BCUT2D eigenvalue weighted by Gasteiger charge is -2.16. The van der Waals surface area contributed by atoms with E-state index in [1.54, 1.807) is 6.20 Å². The molecule has 2 rings (SSSR count). The Morgan fingerprint density at radius 1 is 1.25 bits per heavy atom. The zero-order chi connectivity index (χ0) is 8.39. The predicted molar refractivity (Wildman–Crippen MR) is 48.7 cm³/mol. The third-order valence-corrected chi connectivity index (χ3v) is 1.69. The highest BCUT2D eigenvalue weighted by Gasteiger charge is 2.07. The van der Waals surface area contributed by atoms with E-state index in [0.29, 0.717) is 0 Å². The molecule has 0 spiro atoms. The number of benzene rings is 1. The molecular weight excluding hydrogens is 152 g/mol. The number of anilines is 2. The SMILES string of the molecule is Nc1ccccc1N1C=CNN1. The van der Waals surface area contributed by atoms with Gasteiger partial charge < -0.3 is 11.2 Å². The van der Waals surface area contributed by atoms with Crippen LogP contribution in [0.2, 0.25) is 0 Å². The molecular formula is C8H10N4. The predicted octanol–water partition coefficient (Wildman–Crippen LogP) is 0.569. The monoisotopic (exact) mass is 162 g/mol. The van der Waals surface area contributed by atoms with Gasteiger partial charge in [-0.2, -0.15) is 0 Å². The summed E-state index contributed by atoms with van der Waals surface area (Å²) in [5, 5.41) is 1.81. The quantitative estimate of drug-likeness (QED) is 0.528. The Bertz CT molecular complexity index is 308. The molecule has 0 bridgehead atoms. The van der Waals surface area contributed by atoms with Crippen LogP contribution in [0.25, 0.3) is 0 Å². The van der Waals surface area contributed by atoms with Gasteiger partial charge in [-0.25, -0.2) is 0 Å². The van der Waals surface area contributed by atoms with E-state index in [1.807, 2.05) is 35.5 Å². The van der Waals surface area contributed by atoms with Crippen LogP contribution in [0, 0.1) is 0 Å². The summed E-state index contributed by atoms with van der Waals surface area (Å²) in [4.78, 5) is 0. The van der Waals surface area contributed by atoms with Crippen LogP contribution in [0.15, 0.2) is 36.7 Å². The number of para-hydroxylation sites is 2. The fourth-order valence-corrected chi connectivity index (χ4v) is 1.10. The summed E-state index contributed by atoms with van der Waals surface area (Å²) in [6.07, 6.45) is 3.66. The second-order valence-electron chi connectivity index (χ2n) is 2.50. The lowest BCUT2D eigenvalue weighted by molar-refractivity contribution is 0.681. The van der Waals surface area contributed by atoms with Crippen molar-refractivity contribution in [1.82, 2.24) is 11.0 Å². The van der Waals surface area contributed by atoms with E-state index in [-0.39, 0.29) is 0 Å². The lowest BCUT2D eigenvalue weighted by atomic mass is 10.3. The Hall–Kier alpha value is -1.68. The molecule has 1 aromatic rings. The van der Waals surface area contributed by atoms with Crippen LogP contribution in [0.4, 0.5) is 11.4 Å². The summed E-state index contributed by atoms with van der Waals surface area (Å²) in [7, 11) is 0. The van der Waals surface area contributed by atoms with Crippen molar-refractivity contribution in [3.8, 4) is 0 Å². The number of nitrogens with one attached hydrogen (secondary N) is 2. The number of hydrogen-bond acceptors (Lipinski definition) is 4. The highest BCUT2D eigenvalue weighted by molar-refractivity contribution is 5.68. The smallest absolute Gasteiger partial charge is 0.0818 e. The third kappa shape index (κ3) is 1.08. The first kappa shape index (κ1) is 7.00. The minimum Gasteiger partial charge on any atom is -0.397 e. The summed E-state index contributed by atoms with van der Waals surface area (Å²) in [6.45, 7) is 0. The standard InChI is InChI=1S/C8H10N4/c9-7-3-1-2-4-8(7)12-6-5-10-11-12/h1-6,10-11H,9H2. The molecule has 1 aliphatic rings. The van der Waals surface area contributed by atoms with Gasteiger partial charge in [0.25, 0.3) is 0 Å². The van der Waals surface area contributed by atoms with Crippen molar-refractivity contribution in [3.05, 3.63) is 36.7 Å². The van der Waals surface area contributed by atoms with Crippen LogP contribution in [0.3, 0.4) is 0 Å². The molecule has 4 heteroatoms. The fourth-order valence-electron chi connectivity index (χ4n) is 1.10. The number of rotatable bonds is 1. The van der Waals surface area contributed by atoms with Crippen molar-refractivity contribution < 1.29 is 0 Å². The zero-order valence-corrected chi connectivity index (χ0v) is 6.49. The Morgan fingerprint density at radius 3 is 2.75 bits per heavy atom. The van der Waals surface area contributed by atoms with Crippen LogP contribution < -0.4 is 21.7 Å². The van der Waals surface area contributed by atoms with Gasteiger partial charge in [0.05, 0.1) is 11.4 Å². The second kappa shape index (κ2) is 2.75. The van der Waals surface area contributed by atoms with E-state index in [0.717, 1.165) is 11.4 Å². The van der Waals surface area contributed by atoms with Crippen LogP contribution in [-0.4, -0.2) is 0 Å². The minimum atomic E-state index is 0.748. The summed E-state index contributed by atoms with van der Waals surface area (Å²) in [5.74, 6) is 0. The highest BCUT2D eigenvalue weighted by atomic mass is 15.7. The first-order valence-electron chi connectivity index (χ1n) is 3.69. The van der Waals surface area contributed by atoms with Crippen molar-refractivity contribution in [2.24, 2.45) is 0 Å². The zero-order valence-electron chi connectivity index (χ0n) is 6.49. The summed E-state index contributed by atoms with van der Waals surface area (Å²) < 4.78 is 0. The van der Waals surface area contributed by atoms with Crippen LogP contribution in [-0.2, 0) is 0 Å². The first-order chi connectivity index (χ1) is 5.88. The maximum Gasteiger partial charge on any atom is 0.0818 e. The number of hydrazine groups is 2. The van der Waals surface area contributed by atoms with Gasteiger partial charge in [-0.05, 0) is 12.1 Å². The van der Waals surface area contributed by atoms with E-state index in [4.69, 9.17) is 5.73 Å². The molecule has 12 heavy (non-hydrogen) atoms. The van der Waals surface area contributed by atoms with Gasteiger partial charge in [-0.3, -0.25) is 5.01 Å². The van der Waals surface area contributed by atoms with Gasteiger partial charge in [-0.15, -0.1) is 5.53 Å². The maximum atomic E-state index is 5.76. The largest absolute Gasteiger partial charge is 0.397 e. The van der Waals surface area contributed by atoms with Gasteiger partial charge >= 0.3 is 0 Å². The number of hydrogen-bond donors (Lipinski definition) is 3. The molecule has 0 fully saturated rings. The molecule has 0 saturated heterocycles. The van der Waals surface area contributed by atoms with E-state index >= 15 is 0 Å². The Kier molecular flexibility index (Phi) is 1.60. The summed E-state index contributed by atoms with van der Waals surface area (Å²) in [6, 6.07) is 7.66. The molecule has 0 aliphatic carbocycles. The number of nitrogens with zero attached hydrogens (tertiary/aromatic N) is 1. The Morgan fingerprint density at radius 2 is 2.08 bits per heavy atom. The minimum absolute atomic E-state index is 0.748. The number of nitrogen functional groups attached to an aromatic ring is 1. The van der Waals surface area contributed by atoms with E-state index in [9.17, 15) is 0 Å². The average molecular weight is 162 g/mol. The average Bonchev–Trinajstić information content (AvgIpc) is 2.57. The molecule has 0 aromatic heterocycles. The van der Waals surface area contributed by atoms with Gasteiger partial charge in [0.2, 0.25) is 0 Å². The van der Waals surface area contributed by atoms with E-state index in [2.05, 4.69) is 11.0 Å².